The van der Waals surface area contributed by atoms with E-state index in [0.29, 0.717) is 18.8 Å². The molecule has 0 radical (unpaired) electrons. The van der Waals surface area contributed by atoms with Crippen molar-refractivity contribution in [3.05, 3.63) is 35.9 Å². The van der Waals surface area contributed by atoms with Crippen LogP contribution in [0.3, 0.4) is 0 Å². The summed E-state index contributed by atoms with van der Waals surface area (Å²) in [6.07, 6.45) is 3.16. The van der Waals surface area contributed by atoms with E-state index in [-0.39, 0.29) is 6.67 Å². The summed E-state index contributed by atoms with van der Waals surface area (Å²) in [5, 5.41) is 0. The highest BCUT2D eigenvalue weighted by atomic mass is 35.5. The van der Waals surface area contributed by atoms with Gasteiger partial charge in [0.2, 0.25) is 0 Å². The van der Waals surface area contributed by atoms with Crippen LogP contribution in [0.15, 0.2) is 30.3 Å². The molecule has 1 aromatic rings. The minimum absolute atomic E-state index is 0.351. The molecule has 0 unspecified atom stereocenters. The average molecular weight is 259 g/mol. The van der Waals surface area contributed by atoms with Crippen LogP contribution >= 0.6 is 11.9 Å². The zero-order valence-electron chi connectivity index (χ0n) is 9.07. The van der Waals surface area contributed by atoms with Gasteiger partial charge in [0.25, 0.3) is 0 Å². The van der Waals surface area contributed by atoms with Gasteiger partial charge in [0, 0.05) is 12.5 Å². The predicted octanol–water partition coefficient (Wildman–Crippen LogP) is 3.14. The molecular formula is C12H12ClFO3. The minimum Gasteiger partial charge on any atom is -0.493 e. The van der Waals surface area contributed by atoms with Crippen LogP contribution in [0, 0.1) is 0 Å². The number of alkyl halides is 1. The topological polar surface area (TPSA) is 35.5 Å². The SMILES string of the molecule is O=C(/C=C/c1ccc(OCCCF)cc1)OCl. The lowest BCUT2D eigenvalue weighted by Gasteiger charge is -2.04. The van der Waals surface area contributed by atoms with Crippen molar-refractivity contribution in [2.24, 2.45) is 0 Å². The molecule has 0 aromatic heterocycles. The Kier molecular flexibility index (Phi) is 6.10. The van der Waals surface area contributed by atoms with E-state index in [1.165, 1.54) is 6.08 Å². The Balaban J connectivity index is 2.50. The van der Waals surface area contributed by atoms with Gasteiger partial charge in [0.1, 0.15) is 17.6 Å². The normalized spacial score (nSPS) is 10.5. The lowest BCUT2D eigenvalue weighted by molar-refractivity contribution is -0.128. The summed E-state index contributed by atoms with van der Waals surface area (Å²) in [6, 6.07) is 7.01. The first-order chi connectivity index (χ1) is 8.26. The quantitative estimate of drug-likeness (QED) is 0.581. The van der Waals surface area contributed by atoms with Crippen LogP contribution in [0.1, 0.15) is 12.0 Å². The Morgan fingerprint density at radius 3 is 2.65 bits per heavy atom. The fourth-order valence-electron chi connectivity index (χ4n) is 1.11. The van der Waals surface area contributed by atoms with Crippen molar-refractivity contribution in [1.82, 2.24) is 0 Å². The van der Waals surface area contributed by atoms with Crippen molar-refractivity contribution in [3.8, 4) is 5.75 Å². The summed E-state index contributed by atoms with van der Waals surface area (Å²) in [7, 11) is 0. The van der Waals surface area contributed by atoms with Crippen LogP contribution in [0.25, 0.3) is 6.08 Å². The zero-order valence-corrected chi connectivity index (χ0v) is 9.82. The van der Waals surface area contributed by atoms with Gasteiger partial charge in [0.15, 0.2) is 0 Å². The number of rotatable bonds is 6. The van der Waals surface area contributed by atoms with Gasteiger partial charge < -0.3 is 9.03 Å². The third-order valence-electron chi connectivity index (χ3n) is 1.91. The van der Waals surface area contributed by atoms with Gasteiger partial charge >= 0.3 is 5.97 Å². The zero-order chi connectivity index (χ0) is 12.5. The van der Waals surface area contributed by atoms with Crippen LogP contribution in [0.2, 0.25) is 0 Å². The van der Waals surface area contributed by atoms with Crippen molar-refractivity contribution in [2.45, 2.75) is 6.42 Å². The number of ether oxygens (including phenoxy) is 1. The number of carbonyl (C=O) groups is 1. The molecule has 0 aliphatic heterocycles. The lowest BCUT2D eigenvalue weighted by Crippen LogP contribution is -1.97. The van der Waals surface area contributed by atoms with E-state index in [9.17, 15) is 9.18 Å². The third kappa shape index (κ3) is 5.36. The molecule has 0 saturated heterocycles. The molecule has 1 rings (SSSR count). The van der Waals surface area contributed by atoms with Crippen LogP contribution in [-0.4, -0.2) is 19.3 Å². The Labute approximate surface area is 104 Å². The van der Waals surface area contributed by atoms with E-state index in [2.05, 4.69) is 4.29 Å². The first-order valence-corrected chi connectivity index (χ1v) is 5.36. The van der Waals surface area contributed by atoms with Crippen molar-refractivity contribution >= 4 is 23.9 Å². The monoisotopic (exact) mass is 258 g/mol. The first kappa shape index (κ1) is 13.5. The van der Waals surface area contributed by atoms with Gasteiger partial charge in [-0.3, -0.25) is 4.39 Å². The van der Waals surface area contributed by atoms with E-state index in [4.69, 9.17) is 16.6 Å². The molecule has 0 spiro atoms. The van der Waals surface area contributed by atoms with Gasteiger partial charge in [-0.15, -0.1) is 0 Å². The third-order valence-corrected chi connectivity index (χ3v) is 2.07. The Bertz CT molecular complexity index is 376. The van der Waals surface area contributed by atoms with E-state index < -0.39 is 5.97 Å². The van der Waals surface area contributed by atoms with Gasteiger partial charge in [0.05, 0.1) is 13.3 Å². The van der Waals surface area contributed by atoms with E-state index in [1.54, 1.807) is 30.3 Å². The van der Waals surface area contributed by atoms with Crippen molar-refractivity contribution in [1.29, 1.82) is 0 Å². The number of hydrogen-bond acceptors (Lipinski definition) is 3. The molecule has 17 heavy (non-hydrogen) atoms. The molecule has 0 bridgehead atoms. The number of carbonyl (C=O) groups excluding carboxylic acids is 1. The second-order valence-corrected chi connectivity index (χ2v) is 3.34. The minimum atomic E-state index is -0.630. The summed E-state index contributed by atoms with van der Waals surface area (Å²) in [5.41, 5.74) is 0.810. The number of hydrogen-bond donors (Lipinski definition) is 0. The van der Waals surface area contributed by atoms with Crippen LogP contribution in [0.4, 0.5) is 4.39 Å². The summed E-state index contributed by atoms with van der Waals surface area (Å²) in [5.74, 6) is 0.0328. The number of halogens is 2. The molecule has 92 valence electrons. The molecule has 1 aromatic carbocycles. The average Bonchev–Trinajstić information content (AvgIpc) is 2.37. The smallest absolute Gasteiger partial charge is 0.349 e. The highest BCUT2D eigenvalue weighted by molar-refractivity contribution is 6.15. The summed E-state index contributed by atoms with van der Waals surface area (Å²) in [6.45, 7) is -0.0361. The Hall–Kier alpha value is -1.55. The molecule has 0 fully saturated rings. The van der Waals surface area contributed by atoms with Crippen molar-refractivity contribution in [3.63, 3.8) is 0 Å². The largest absolute Gasteiger partial charge is 0.493 e. The highest BCUT2D eigenvalue weighted by Gasteiger charge is 1.96. The molecule has 5 heteroatoms. The maximum Gasteiger partial charge on any atom is 0.349 e. The Morgan fingerprint density at radius 1 is 1.35 bits per heavy atom. The van der Waals surface area contributed by atoms with Crippen LogP contribution in [0.5, 0.6) is 5.75 Å². The van der Waals surface area contributed by atoms with Gasteiger partial charge in [-0.05, 0) is 23.8 Å². The summed E-state index contributed by atoms with van der Waals surface area (Å²) < 4.78 is 21.0. The maximum absolute atomic E-state index is 11.8. The molecule has 3 nitrogen and oxygen atoms in total. The van der Waals surface area contributed by atoms with E-state index >= 15 is 0 Å². The standard InChI is InChI=1S/C12H12ClFO3/c13-17-12(15)7-4-10-2-5-11(6-3-10)16-9-1-8-14/h2-7H,1,8-9H2/b7-4+. The second kappa shape index (κ2) is 7.68. The van der Waals surface area contributed by atoms with Crippen LogP contribution < -0.4 is 4.74 Å². The van der Waals surface area contributed by atoms with Crippen molar-refractivity contribution < 1.29 is 18.2 Å². The summed E-state index contributed by atoms with van der Waals surface area (Å²) in [4.78, 5) is 10.7. The first-order valence-electron chi connectivity index (χ1n) is 5.05. The number of benzene rings is 1. The lowest BCUT2D eigenvalue weighted by atomic mass is 10.2. The van der Waals surface area contributed by atoms with Gasteiger partial charge in [-0.1, -0.05) is 12.1 Å². The molecule has 0 atom stereocenters. The highest BCUT2D eigenvalue weighted by Crippen LogP contribution is 2.13. The second-order valence-electron chi connectivity index (χ2n) is 3.19. The Morgan fingerprint density at radius 2 is 2.06 bits per heavy atom. The molecule has 0 saturated carbocycles. The molecule has 0 amide bonds. The molecule has 0 N–H and O–H groups in total. The van der Waals surface area contributed by atoms with Crippen LogP contribution in [-0.2, 0) is 9.08 Å². The molecule has 0 heterocycles. The fourth-order valence-corrected chi connectivity index (χ4v) is 1.16. The maximum atomic E-state index is 11.8. The van der Waals surface area contributed by atoms with Crippen molar-refractivity contribution in [2.75, 3.05) is 13.3 Å². The molecule has 0 aliphatic rings. The van der Waals surface area contributed by atoms with E-state index in [0.717, 1.165) is 5.56 Å². The molecule has 0 aliphatic carbocycles. The summed E-state index contributed by atoms with van der Waals surface area (Å²) >= 11 is 4.86. The predicted molar refractivity (Wildman–Crippen MR) is 63.5 cm³/mol. The fraction of sp³-hybridized carbons (Fsp3) is 0.250. The van der Waals surface area contributed by atoms with Gasteiger partial charge in [-0.2, -0.15) is 0 Å². The molecular weight excluding hydrogens is 247 g/mol. The van der Waals surface area contributed by atoms with Gasteiger partial charge in [-0.25, -0.2) is 4.79 Å². The van der Waals surface area contributed by atoms with E-state index in [1.807, 2.05) is 0 Å².